The first-order valence-electron chi connectivity index (χ1n) is 6.20. The minimum atomic E-state index is -0.459. The molecule has 6 nitrogen and oxygen atoms in total. The summed E-state index contributed by atoms with van der Waals surface area (Å²) in [5.74, 6) is 0.0293. The molecule has 2 heterocycles. The van der Waals surface area contributed by atoms with Gasteiger partial charge in [0.2, 0.25) is 5.89 Å². The first-order valence-corrected chi connectivity index (χ1v) is 8.22. The first kappa shape index (κ1) is 14.9. The summed E-state index contributed by atoms with van der Waals surface area (Å²) in [5, 5.41) is 10.2. The van der Waals surface area contributed by atoms with Crippen LogP contribution in [0.5, 0.6) is 0 Å². The van der Waals surface area contributed by atoms with Crippen LogP contribution < -0.4 is 5.32 Å². The number of carbonyl (C=O) groups excluding carboxylic acids is 1. The quantitative estimate of drug-likeness (QED) is 0.688. The second kappa shape index (κ2) is 6.37. The predicted molar refractivity (Wildman–Crippen MR) is 85.9 cm³/mol. The van der Waals surface area contributed by atoms with Crippen LogP contribution in [0.25, 0.3) is 11.5 Å². The van der Waals surface area contributed by atoms with E-state index in [-0.39, 0.29) is 11.8 Å². The summed E-state index contributed by atoms with van der Waals surface area (Å²) < 4.78 is 11.1. The number of nitrogens with one attached hydrogen (secondary N) is 1. The lowest BCUT2D eigenvalue weighted by molar-refractivity contribution is 0.0992. The Morgan fingerprint density at radius 3 is 2.82 bits per heavy atom. The van der Waals surface area contributed by atoms with Crippen LogP contribution >= 0.6 is 27.7 Å². The molecule has 0 saturated carbocycles. The van der Waals surface area contributed by atoms with Crippen molar-refractivity contribution in [3.63, 3.8) is 0 Å². The van der Waals surface area contributed by atoms with E-state index in [4.69, 9.17) is 8.83 Å². The van der Waals surface area contributed by atoms with Crippen molar-refractivity contribution in [1.82, 2.24) is 10.2 Å². The van der Waals surface area contributed by atoms with Gasteiger partial charge in [-0.1, -0.05) is 11.2 Å². The fraction of sp³-hybridized carbons (Fsp3) is 0.0714. The van der Waals surface area contributed by atoms with Gasteiger partial charge in [0.05, 0.1) is 0 Å². The standard InChI is InChI=1S/C14H10BrN3O3S/c1-22-9-4-2-3-8(7-9)13-17-18-14(21-13)16-12(19)10-5-6-11(15)20-10/h2-7H,1H3,(H,16,18,19). The fourth-order valence-corrected chi connectivity index (χ4v) is 2.51. The molecule has 0 saturated heterocycles. The number of thioether (sulfide) groups is 1. The normalized spacial score (nSPS) is 10.6. The van der Waals surface area contributed by atoms with E-state index in [2.05, 4.69) is 31.4 Å². The Morgan fingerprint density at radius 2 is 2.09 bits per heavy atom. The highest BCUT2D eigenvalue weighted by Gasteiger charge is 2.15. The Labute approximate surface area is 138 Å². The molecule has 0 aliphatic carbocycles. The van der Waals surface area contributed by atoms with E-state index >= 15 is 0 Å². The first-order chi connectivity index (χ1) is 10.7. The smallest absolute Gasteiger partial charge is 0.322 e. The molecule has 0 fully saturated rings. The number of furan rings is 1. The number of rotatable bonds is 4. The number of carbonyl (C=O) groups is 1. The van der Waals surface area contributed by atoms with Crippen molar-refractivity contribution in [1.29, 1.82) is 0 Å². The van der Waals surface area contributed by atoms with Crippen molar-refractivity contribution in [3.8, 4) is 11.5 Å². The summed E-state index contributed by atoms with van der Waals surface area (Å²) in [5.41, 5.74) is 0.792. The number of nitrogens with zero attached hydrogens (tertiary/aromatic N) is 2. The molecule has 112 valence electrons. The molecule has 0 spiro atoms. The molecule has 0 bridgehead atoms. The zero-order valence-corrected chi connectivity index (χ0v) is 13.8. The van der Waals surface area contributed by atoms with Gasteiger partial charge in [0.1, 0.15) is 0 Å². The van der Waals surface area contributed by atoms with E-state index in [0.717, 1.165) is 10.5 Å². The van der Waals surface area contributed by atoms with E-state index in [1.54, 1.807) is 23.9 Å². The molecule has 3 aromatic rings. The third-order valence-electron chi connectivity index (χ3n) is 2.76. The highest BCUT2D eigenvalue weighted by Crippen LogP contribution is 2.24. The summed E-state index contributed by atoms with van der Waals surface area (Å²) in [6.07, 6.45) is 1.99. The van der Waals surface area contributed by atoms with Gasteiger partial charge in [-0.25, -0.2) is 0 Å². The molecular weight excluding hydrogens is 370 g/mol. The average molecular weight is 380 g/mol. The third kappa shape index (κ3) is 3.23. The molecule has 0 aliphatic heterocycles. The van der Waals surface area contributed by atoms with Crippen LogP contribution in [-0.2, 0) is 0 Å². The number of aromatic nitrogens is 2. The third-order valence-corrected chi connectivity index (χ3v) is 3.91. The molecule has 1 amide bonds. The molecule has 0 radical (unpaired) electrons. The van der Waals surface area contributed by atoms with Crippen LogP contribution in [0.15, 0.2) is 54.8 Å². The van der Waals surface area contributed by atoms with Gasteiger partial charge in [-0.2, -0.15) is 0 Å². The lowest BCUT2D eigenvalue weighted by Gasteiger charge is -1.98. The molecule has 8 heteroatoms. The second-order valence-electron chi connectivity index (χ2n) is 4.20. The van der Waals surface area contributed by atoms with Gasteiger partial charge in [-0.15, -0.1) is 16.9 Å². The number of anilines is 1. The number of benzene rings is 1. The summed E-state index contributed by atoms with van der Waals surface area (Å²) in [7, 11) is 0. The number of amides is 1. The molecule has 0 atom stereocenters. The predicted octanol–water partition coefficient (Wildman–Crippen LogP) is 4.07. The minimum Gasteiger partial charge on any atom is -0.444 e. The van der Waals surface area contributed by atoms with Gasteiger partial charge in [-0.3, -0.25) is 10.1 Å². The molecule has 2 aromatic heterocycles. The van der Waals surface area contributed by atoms with E-state index in [1.165, 1.54) is 0 Å². The summed E-state index contributed by atoms with van der Waals surface area (Å²) in [6.45, 7) is 0. The Hall–Kier alpha value is -2.06. The Bertz CT molecular complexity index is 815. The van der Waals surface area contributed by atoms with Gasteiger partial charge >= 0.3 is 6.01 Å². The SMILES string of the molecule is CSc1cccc(-c2nnc(NC(=O)c3ccc(Br)o3)o2)c1. The van der Waals surface area contributed by atoms with Gasteiger partial charge in [0.25, 0.3) is 5.91 Å². The number of hydrogen-bond donors (Lipinski definition) is 1. The molecule has 0 unspecified atom stereocenters. The van der Waals surface area contributed by atoms with E-state index in [9.17, 15) is 4.79 Å². The van der Waals surface area contributed by atoms with Gasteiger partial charge in [0.15, 0.2) is 10.4 Å². The highest BCUT2D eigenvalue weighted by atomic mass is 79.9. The maximum Gasteiger partial charge on any atom is 0.322 e. The van der Waals surface area contributed by atoms with E-state index in [1.807, 2.05) is 30.5 Å². The Balaban J connectivity index is 1.77. The maximum absolute atomic E-state index is 11.9. The van der Waals surface area contributed by atoms with Crippen molar-refractivity contribution >= 4 is 39.6 Å². The zero-order chi connectivity index (χ0) is 15.5. The highest BCUT2D eigenvalue weighted by molar-refractivity contribution is 9.10. The molecule has 1 aromatic carbocycles. The molecule has 1 N–H and O–H groups in total. The van der Waals surface area contributed by atoms with Crippen LogP contribution in [-0.4, -0.2) is 22.4 Å². The Morgan fingerprint density at radius 1 is 1.23 bits per heavy atom. The lowest BCUT2D eigenvalue weighted by atomic mass is 10.2. The Kier molecular flexibility index (Phi) is 4.30. The average Bonchev–Trinajstić information content (AvgIpc) is 3.16. The fourth-order valence-electron chi connectivity index (χ4n) is 1.74. The molecule has 22 heavy (non-hydrogen) atoms. The van der Waals surface area contributed by atoms with Crippen molar-refractivity contribution in [3.05, 3.63) is 46.8 Å². The van der Waals surface area contributed by atoms with Crippen molar-refractivity contribution < 1.29 is 13.6 Å². The molecular formula is C14H10BrN3O3S. The monoisotopic (exact) mass is 379 g/mol. The van der Waals surface area contributed by atoms with Crippen LogP contribution in [0.2, 0.25) is 0 Å². The van der Waals surface area contributed by atoms with Crippen molar-refractivity contribution in [2.45, 2.75) is 4.90 Å². The van der Waals surface area contributed by atoms with Crippen LogP contribution in [0.4, 0.5) is 6.01 Å². The van der Waals surface area contributed by atoms with Crippen molar-refractivity contribution in [2.75, 3.05) is 11.6 Å². The number of halogens is 1. The van der Waals surface area contributed by atoms with E-state index in [0.29, 0.717) is 10.6 Å². The van der Waals surface area contributed by atoms with Gasteiger partial charge in [0, 0.05) is 10.5 Å². The number of hydrogen-bond acceptors (Lipinski definition) is 6. The zero-order valence-electron chi connectivity index (χ0n) is 11.4. The van der Waals surface area contributed by atoms with Crippen LogP contribution in [0.3, 0.4) is 0 Å². The summed E-state index contributed by atoms with van der Waals surface area (Å²) in [4.78, 5) is 13.0. The van der Waals surface area contributed by atoms with Gasteiger partial charge < -0.3 is 8.83 Å². The van der Waals surface area contributed by atoms with Gasteiger partial charge in [-0.05, 0) is 52.5 Å². The molecule has 0 aliphatic rings. The molecule has 3 rings (SSSR count). The van der Waals surface area contributed by atoms with Crippen LogP contribution in [0, 0.1) is 0 Å². The van der Waals surface area contributed by atoms with Crippen LogP contribution in [0.1, 0.15) is 10.6 Å². The minimum absolute atomic E-state index is 0.0158. The summed E-state index contributed by atoms with van der Waals surface area (Å²) in [6, 6.07) is 10.9. The lowest BCUT2D eigenvalue weighted by Crippen LogP contribution is -2.10. The largest absolute Gasteiger partial charge is 0.444 e. The van der Waals surface area contributed by atoms with Crippen molar-refractivity contribution in [2.24, 2.45) is 0 Å². The summed E-state index contributed by atoms with van der Waals surface area (Å²) >= 11 is 4.75. The second-order valence-corrected chi connectivity index (χ2v) is 5.86. The maximum atomic E-state index is 11.9. The van der Waals surface area contributed by atoms with E-state index < -0.39 is 5.91 Å². The topological polar surface area (TPSA) is 81.2 Å².